The second-order valence-electron chi connectivity index (χ2n) is 11.7. The Morgan fingerprint density at radius 3 is 2.33 bits per heavy atom. The van der Waals surface area contributed by atoms with E-state index in [4.69, 9.17) is 0 Å². The monoisotopic (exact) mass is 565 g/mol. The van der Waals surface area contributed by atoms with Gasteiger partial charge in [0, 0.05) is 43.2 Å². The van der Waals surface area contributed by atoms with Gasteiger partial charge in [0.15, 0.2) is 0 Å². The first-order chi connectivity index (χ1) is 19.4. The van der Waals surface area contributed by atoms with Crippen molar-refractivity contribution in [1.29, 1.82) is 0 Å². The van der Waals surface area contributed by atoms with Crippen molar-refractivity contribution in [2.24, 2.45) is 11.8 Å². The SMILES string of the molecule is CCCCCN1CC=C[C@]23S[C@]4(C)C=CCN(c5ccccc5)C(=O)[C@@H]4[C@H]2C(=O)N(CCCCCCO)C3C1=O. The molecule has 1 N–H and O–H groups in total. The van der Waals surface area contributed by atoms with E-state index >= 15 is 0 Å². The zero-order valence-corrected chi connectivity index (χ0v) is 24.7. The molecule has 0 saturated carbocycles. The molecule has 0 radical (unpaired) electrons. The third-order valence-electron chi connectivity index (χ3n) is 9.05. The number of anilines is 1. The molecule has 1 unspecified atom stereocenters. The van der Waals surface area contributed by atoms with E-state index in [0.717, 1.165) is 50.6 Å². The lowest BCUT2D eigenvalue weighted by molar-refractivity contribution is -0.142. The van der Waals surface area contributed by atoms with Gasteiger partial charge in [-0.05, 0) is 38.3 Å². The minimum Gasteiger partial charge on any atom is -0.396 e. The second-order valence-corrected chi connectivity index (χ2v) is 13.5. The minimum absolute atomic E-state index is 0.0104. The average Bonchev–Trinajstić information content (AvgIpc) is 3.21. The smallest absolute Gasteiger partial charge is 0.247 e. The minimum atomic E-state index is -0.794. The summed E-state index contributed by atoms with van der Waals surface area (Å²) in [5.74, 6) is -1.29. The van der Waals surface area contributed by atoms with Crippen LogP contribution in [0, 0.1) is 11.8 Å². The van der Waals surface area contributed by atoms with Crippen LogP contribution in [0.4, 0.5) is 5.69 Å². The molecule has 1 aromatic carbocycles. The Kier molecular flexibility index (Phi) is 8.76. The van der Waals surface area contributed by atoms with Crippen molar-refractivity contribution in [2.45, 2.75) is 74.3 Å². The number of aliphatic hydroxyl groups excluding tert-OH is 1. The number of likely N-dealkylation sites (tertiary alicyclic amines) is 1. The highest BCUT2D eigenvalue weighted by Crippen LogP contribution is 2.65. The predicted octanol–water partition coefficient (Wildman–Crippen LogP) is 4.42. The standard InChI is InChI=1S/C32H43N3O4S/c1-3-4-10-19-33-20-14-18-32-26(29(38)35(27(32)30(33)39)21-11-5-6-12-23-36)25-28(37)34(24-15-8-7-9-16-24)22-13-17-31(25,2)40-32/h7-9,13-18,25-27,36H,3-6,10-12,19-23H2,1-2H3/t25-,26-,27?,31+,32-/m0/s1. The van der Waals surface area contributed by atoms with Gasteiger partial charge in [0.25, 0.3) is 0 Å². The normalized spacial score (nSPS) is 31.3. The Morgan fingerprint density at radius 2 is 1.57 bits per heavy atom. The van der Waals surface area contributed by atoms with Gasteiger partial charge in [0.1, 0.15) is 6.04 Å². The topological polar surface area (TPSA) is 81.2 Å². The van der Waals surface area contributed by atoms with Gasteiger partial charge in [-0.2, -0.15) is 0 Å². The Bertz CT molecular complexity index is 1160. The van der Waals surface area contributed by atoms with Crippen LogP contribution in [0.5, 0.6) is 0 Å². The average molecular weight is 566 g/mol. The maximum Gasteiger partial charge on any atom is 0.247 e. The molecule has 216 valence electrons. The summed E-state index contributed by atoms with van der Waals surface area (Å²) < 4.78 is -1.40. The van der Waals surface area contributed by atoms with E-state index in [1.54, 1.807) is 16.7 Å². The van der Waals surface area contributed by atoms with Crippen molar-refractivity contribution in [3.05, 3.63) is 54.6 Å². The lowest BCUT2D eigenvalue weighted by Gasteiger charge is -2.37. The lowest BCUT2D eigenvalue weighted by atomic mass is 9.74. The van der Waals surface area contributed by atoms with Gasteiger partial charge in [-0.25, -0.2) is 0 Å². The van der Waals surface area contributed by atoms with Crippen molar-refractivity contribution < 1.29 is 19.5 Å². The summed E-state index contributed by atoms with van der Waals surface area (Å²) in [5.41, 5.74) is 0.824. The van der Waals surface area contributed by atoms with E-state index in [1.807, 2.05) is 46.2 Å². The number of unbranched alkanes of at least 4 members (excludes halogenated alkanes) is 5. The second kappa shape index (κ2) is 12.1. The van der Waals surface area contributed by atoms with Gasteiger partial charge in [-0.1, -0.05) is 75.1 Å². The fourth-order valence-corrected chi connectivity index (χ4v) is 9.31. The molecule has 0 aromatic heterocycles. The number of fused-ring (bicyclic) bond motifs is 2. The number of carbonyl (C=O) groups excluding carboxylic acids is 3. The van der Waals surface area contributed by atoms with Crippen molar-refractivity contribution >= 4 is 35.2 Å². The third kappa shape index (κ3) is 5.02. The zero-order chi connectivity index (χ0) is 28.3. The molecule has 2 saturated heterocycles. The Morgan fingerprint density at radius 1 is 0.850 bits per heavy atom. The highest BCUT2D eigenvalue weighted by atomic mass is 32.2. The third-order valence-corrected chi connectivity index (χ3v) is 10.8. The van der Waals surface area contributed by atoms with Crippen molar-refractivity contribution in [3.63, 3.8) is 0 Å². The summed E-state index contributed by atoms with van der Waals surface area (Å²) in [7, 11) is 0. The van der Waals surface area contributed by atoms with E-state index in [9.17, 15) is 19.5 Å². The van der Waals surface area contributed by atoms with E-state index in [0.29, 0.717) is 26.2 Å². The van der Waals surface area contributed by atoms with E-state index in [-0.39, 0.29) is 24.3 Å². The highest BCUT2D eigenvalue weighted by molar-refractivity contribution is 8.02. The molecule has 40 heavy (non-hydrogen) atoms. The number of rotatable bonds is 11. The van der Waals surface area contributed by atoms with Crippen LogP contribution in [0.25, 0.3) is 0 Å². The number of carbonyl (C=O) groups is 3. The van der Waals surface area contributed by atoms with E-state index in [2.05, 4.69) is 32.1 Å². The molecular formula is C32H43N3O4S. The summed E-state index contributed by atoms with van der Waals surface area (Å²) in [5, 5.41) is 9.18. The van der Waals surface area contributed by atoms with Crippen LogP contribution in [0.3, 0.4) is 0 Å². The highest BCUT2D eigenvalue weighted by Gasteiger charge is 2.73. The maximum absolute atomic E-state index is 14.5. The molecule has 0 bridgehead atoms. The number of para-hydroxylation sites is 1. The Balaban J connectivity index is 1.52. The quantitative estimate of drug-likeness (QED) is 0.317. The molecule has 1 aromatic rings. The maximum atomic E-state index is 14.5. The Labute approximate surface area is 242 Å². The van der Waals surface area contributed by atoms with Gasteiger partial charge >= 0.3 is 0 Å². The molecule has 4 heterocycles. The molecule has 2 fully saturated rings. The molecular weight excluding hydrogens is 522 g/mol. The Hall–Kier alpha value is -2.58. The first-order valence-corrected chi connectivity index (χ1v) is 15.8. The molecule has 7 nitrogen and oxygen atoms in total. The molecule has 0 aliphatic carbocycles. The summed E-state index contributed by atoms with van der Waals surface area (Å²) in [6.45, 7) is 6.56. The lowest BCUT2D eigenvalue weighted by Crippen LogP contribution is -2.53. The van der Waals surface area contributed by atoms with Crippen molar-refractivity contribution in [1.82, 2.24) is 9.80 Å². The van der Waals surface area contributed by atoms with Gasteiger partial charge in [0.2, 0.25) is 17.7 Å². The molecule has 8 heteroatoms. The summed E-state index contributed by atoms with van der Waals surface area (Å²) in [6, 6.07) is 9.04. The van der Waals surface area contributed by atoms with Crippen LogP contribution in [-0.4, -0.2) is 80.9 Å². The summed E-state index contributed by atoms with van der Waals surface area (Å²) in [4.78, 5) is 48.7. The van der Waals surface area contributed by atoms with Crippen LogP contribution in [0.1, 0.15) is 58.8 Å². The zero-order valence-electron chi connectivity index (χ0n) is 23.8. The first-order valence-electron chi connectivity index (χ1n) is 15.0. The number of benzene rings is 1. The van der Waals surface area contributed by atoms with Gasteiger partial charge < -0.3 is 19.8 Å². The largest absolute Gasteiger partial charge is 0.396 e. The molecule has 5 atom stereocenters. The number of hydrogen-bond donors (Lipinski definition) is 1. The fourth-order valence-electron chi connectivity index (χ4n) is 7.15. The van der Waals surface area contributed by atoms with Crippen molar-refractivity contribution in [2.75, 3.05) is 37.7 Å². The van der Waals surface area contributed by atoms with Crippen LogP contribution in [0.2, 0.25) is 0 Å². The van der Waals surface area contributed by atoms with Crippen molar-refractivity contribution in [3.8, 4) is 0 Å². The number of thioether (sulfide) groups is 1. The predicted molar refractivity (Wildman–Crippen MR) is 160 cm³/mol. The first kappa shape index (κ1) is 28.9. The van der Waals surface area contributed by atoms with Gasteiger partial charge in [0.05, 0.1) is 16.6 Å². The van der Waals surface area contributed by atoms with E-state index in [1.165, 1.54) is 0 Å². The molecule has 1 spiro atoms. The molecule has 4 aliphatic rings. The summed E-state index contributed by atoms with van der Waals surface area (Å²) in [6.07, 6.45) is 14.7. The molecule has 4 aliphatic heterocycles. The number of aliphatic hydroxyl groups is 1. The molecule has 5 rings (SSSR count). The fraction of sp³-hybridized carbons (Fsp3) is 0.594. The van der Waals surface area contributed by atoms with Gasteiger partial charge in [-0.3, -0.25) is 14.4 Å². The van der Waals surface area contributed by atoms with Gasteiger partial charge in [-0.15, -0.1) is 11.8 Å². The summed E-state index contributed by atoms with van der Waals surface area (Å²) >= 11 is 1.65. The van der Waals surface area contributed by atoms with Crippen LogP contribution < -0.4 is 4.90 Å². The van der Waals surface area contributed by atoms with Crippen LogP contribution in [0.15, 0.2) is 54.6 Å². The number of hydrogen-bond acceptors (Lipinski definition) is 5. The number of amides is 3. The molecule has 3 amide bonds. The van der Waals surface area contributed by atoms with Crippen LogP contribution >= 0.6 is 11.8 Å². The van der Waals surface area contributed by atoms with E-state index < -0.39 is 27.4 Å². The van der Waals surface area contributed by atoms with Crippen LogP contribution in [-0.2, 0) is 14.4 Å². The number of nitrogens with zero attached hydrogens (tertiary/aromatic N) is 3.